The summed E-state index contributed by atoms with van der Waals surface area (Å²) < 4.78 is 5.56. The minimum Gasteiger partial charge on any atom is -0.406 e. The average Bonchev–Trinajstić information content (AvgIpc) is 2.84. The first-order valence-corrected chi connectivity index (χ1v) is 6.65. The van der Waals surface area contributed by atoms with E-state index in [2.05, 4.69) is 34.7 Å². The number of rotatable bonds is 6. The van der Waals surface area contributed by atoms with E-state index in [0.717, 1.165) is 11.4 Å². The van der Waals surface area contributed by atoms with Gasteiger partial charge in [0, 0.05) is 20.1 Å². The van der Waals surface area contributed by atoms with Gasteiger partial charge in [0.05, 0.1) is 17.9 Å². The van der Waals surface area contributed by atoms with E-state index in [1.165, 1.54) is 0 Å². The molecule has 0 atom stereocenters. The third-order valence-electron chi connectivity index (χ3n) is 2.76. The second-order valence-corrected chi connectivity index (χ2v) is 5.07. The zero-order valence-electron chi connectivity index (χ0n) is 12.3. The summed E-state index contributed by atoms with van der Waals surface area (Å²) in [4.78, 5) is 2.03. The van der Waals surface area contributed by atoms with Crippen molar-refractivity contribution >= 4 is 17.4 Å². The molecule has 1 heterocycles. The van der Waals surface area contributed by atoms with Crippen molar-refractivity contribution < 1.29 is 4.42 Å². The molecule has 0 fully saturated rings. The Bertz CT molecular complexity index is 550. The summed E-state index contributed by atoms with van der Waals surface area (Å²) in [6, 6.07) is 8.75. The van der Waals surface area contributed by atoms with Crippen LogP contribution in [0.15, 0.2) is 28.7 Å². The lowest BCUT2D eigenvalue weighted by Crippen LogP contribution is -2.21. The summed E-state index contributed by atoms with van der Waals surface area (Å²) in [5.74, 6) is 0.573. The Hall–Kier alpha value is -2.08. The molecule has 20 heavy (non-hydrogen) atoms. The highest BCUT2D eigenvalue weighted by Crippen LogP contribution is 2.26. The van der Waals surface area contributed by atoms with Gasteiger partial charge in [0.15, 0.2) is 0 Å². The predicted octanol–water partition coefficient (Wildman–Crippen LogP) is 2.38. The number of aromatic nitrogens is 2. The maximum Gasteiger partial charge on any atom is 0.320 e. The maximum absolute atomic E-state index is 5.56. The molecule has 0 saturated heterocycles. The first-order chi connectivity index (χ1) is 9.56. The second kappa shape index (κ2) is 6.38. The molecule has 6 heteroatoms. The maximum atomic E-state index is 5.56. The molecule has 0 aliphatic heterocycles. The minimum absolute atomic E-state index is 0.382. The van der Waals surface area contributed by atoms with Gasteiger partial charge in [0.25, 0.3) is 0 Å². The van der Waals surface area contributed by atoms with Gasteiger partial charge in [-0.2, -0.15) is 0 Å². The Morgan fingerprint density at radius 1 is 1.20 bits per heavy atom. The molecule has 2 N–H and O–H groups in total. The van der Waals surface area contributed by atoms with Crippen LogP contribution in [0.25, 0.3) is 0 Å². The monoisotopic (exact) mass is 275 g/mol. The van der Waals surface area contributed by atoms with E-state index in [-0.39, 0.29) is 0 Å². The van der Waals surface area contributed by atoms with Crippen molar-refractivity contribution in [1.82, 2.24) is 15.5 Å². The predicted molar refractivity (Wildman–Crippen MR) is 80.3 cm³/mol. The van der Waals surface area contributed by atoms with Crippen molar-refractivity contribution in [2.45, 2.75) is 26.4 Å². The molecule has 1 aromatic carbocycles. The van der Waals surface area contributed by atoms with Gasteiger partial charge in [-0.15, -0.1) is 5.10 Å². The molecule has 1 aromatic heterocycles. The van der Waals surface area contributed by atoms with Crippen molar-refractivity contribution in [2.24, 2.45) is 0 Å². The lowest BCUT2D eigenvalue weighted by Gasteiger charge is -2.16. The van der Waals surface area contributed by atoms with Crippen molar-refractivity contribution in [3.05, 3.63) is 30.2 Å². The normalized spacial score (nSPS) is 10.8. The minimum atomic E-state index is 0.382. The standard InChI is InChI=1S/C14H21N5O/c1-10(2)15-9-13-17-18-14(20-13)16-11-7-5-6-8-12(11)19(3)4/h5-8,10,15H,9H2,1-4H3,(H,16,18). The van der Waals surface area contributed by atoms with Crippen LogP contribution < -0.4 is 15.5 Å². The zero-order valence-corrected chi connectivity index (χ0v) is 12.3. The third-order valence-corrected chi connectivity index (χ3v) is 2.76. The number of hydrogen-bond donors (Lipinski definition) is 2. The number of para-hydroxylation sites is 2. The molecule has 2 aromatic rings. The molecule has 0 bridgehead atoms. The van der Waals surface area contributed by atoms with Crippen LogP contribution in [0.3, 0.4) is 0 Å². The first kappa shape index (κ1) is 14.3. The molecule has 0 saturated carbocycles. The summed E-state index contributed by atoms with van der Waals surface area (Å²) in [7, 11) is 3.98. The topological polar surface area (TPSA) is 66.2 Å². The molecule has 0 aliphatic carbocycles. The summed E-state index contributed by atoms with van der Waals surface area (Å²) in [6.45, 7) is 4.72. The molecule has 0 unspecified atom stereocenters. The van der Waals surface area contributed by atoms with Gasteiger partial charge in [-0.25, -0.2) is 0 Å². The molecule has 0 radical (unpaired) electrons. The fourth-order valence-corrected chi connectivity index (χ4v) is 1.75. The molecule has 6 nitrogen and oxygen atoms in total. The van der Waals surface area contributed by atoms with Crippen LogP contribution in [0.2, 0.25) is 0 Å². The van der Waals surface area contributed by atoms with Gasteiger partial charge >= 0.3 is 6.01 Å². The van der Waals surface area contributed by atoms with Crippen LogP contribution >= 0.6 is 0 Å². The van der Waals surface area contributed by atoms with E-state index in [9.17, 15) is 0 Å². The van der Waals surface area contributed by atoms with E-state index in [1.54, 1.807) is 0 Å². The first-order valence-electron chi connectivity index (χ1n) is 6.65. The molecular weight excluding hydrogens is 254 g/mol. The summed E-state index contributed by atoms with van der Waals surface area (Å²) in [5.41, 5.74) is 2.00. The molecular formula is C14H21N5O. The zero-order chi connectivity index (χ0) is 14.5. The number of nitrogens with one attached hydrogen (secondary N) is 2. The van der Waals surface area contributed by atoms with Crippen molar-refractivity contribution in [3.8, 4) is 0 Å². The van der Waals surface area contributed by atoms with Gasteiger partial charge in [0.1, 0.15) is 0 Å². The Labute approximate surface area is 119 Å². The van der Waals surface area contributed by atoms with Crippen molar-refractivity contribution in [2.75, 3.05) is 24.3 Å². The smallest absolute Gasteiger partial charge is 0.320 e. The highest BCUT2D eigenvalue weighted by atomic mass is 16.4. The summed E-state index contributed by atoms with van der Waals surface area (Å²) in [5, 5.41) is 14.4. The Kier molecular flexibility index (Phi) is 4.57. The number of benzene rings is 1. The van der Waals surface area contributed by atoms with E-state index in [4.69, 9.17) is 4.42 Å². The molecule has 0 spiro atoms. The summed E-state index contributed by atoms with van der Waals surface area (Å²) in [6.07, 6.45) is 0. The second-order valence-electron chi connectivity index (χ2n) is 5.07. The van der Waals surface area contributed by atoms with Gasteiger partial charge in [-0.05, 0) is 12.1 Å². The quantitative estimate of drug-likeness (QED) is 0.843. The van der Waals surface area contributed by atoms with Crippen LogP contribution in [-0.4, -0.2) is 30.3 Å². The third kappa shape index (κ3) is 3.71. The van der Waals surface area contributed by atoms with E-state index < -0.39 is 0 Å². The lowest BCUT2D eigenvalue weighted by atomic mass is 10.2. The number of hydrogen-bond acceptors (Lipinski definition) is 6. The number of anilines is 3. The Morgan fingerprint density at radius 3 is 2.65 bits per heavy atom. The SMILES string of the molecule is CC(C)NCc1nnc(Nc2ccccc2N(C)C)o1. The van der Waals surface area contributed by atoms with Crippen LogP contribution in [0.4, 0.5) is 17.4 Å². The van der Waals surface area contributed by atoms with Gasteiger partial charge < -0.3 is 20.0 Å². The highest BCUT2D eigenvalue weighted by Gasteiger charge is 2.09. The fraction of sp³-hybridized carbons (Fsp3) is 0.429. The average molecular weight is 275 g/mol. The Morgan fingerprint density at radius 2 is 1.95 bits per heavy atom. The molecule has 108 valence electrons. The van der Waals surface area contributed by atoms with Crippen LogP contribution in [0.5, 0.6) is 0 Å². The van der Waals surface area contributed by atoms with E-state index in [0.29, 0.717) is 24.5 Å². The largest absolute Gasteiger partial charge is 0.406 e. The van der Waals surface area contributed by atoms with Crippen molar-refractivity contribution in [3.63, 3.8) is 0 Å². The fourth-order valence-electron chi connectivity index (χ4n) is 1.75. The molecule has 0 amide bonds. The molecule has 0 aliphatic rings. The highest BCUT2D eigenvalue weighted by molar-refractivity contribution is 5.72. The van der Waals surface area contributed by atoms with Crippen LogP contribution in [-0.2, 0) is 6.54 Å². The van der Waals surface area contributed by atoms with E-state index in [1.807, 2.05) is 43.3 Å². The van der Waals surface area contributed by atoms with Crippen LogP contribution in [0.1, 0.15) is 19.7 Å². The van der Waals surface area contributed by atoms with Gasteiger partial charge in [-0.3, -0.25) is 0 Å². The van der Waals surface area contributed by atoms with E-state index >= 15 is 0 Å². The Balaban J connectivity index is 2.07. The number of nitrogens with zero attached hydrogens (tertiary/aromatic N) is 3. The van der Waals surface area contributed by atoms with Crippen LogP contribution in [0, 0.1) is 0 Å². The van der Waals surface area contributed by atoms with Crippen molar-refractivity contribution in [1.29, 1.82) is 0 Å². The van der Waals surface area contributed by atoms with Gasteiger partial charge in [0.2, 0.25) is 5.89 Å². The summed E-state index contributed by atoms with van der Waals surface area (Å²) >= 11 is 0. The lowest BCUT2D eigenvalue weighted by molar-refractivity contribution is 0.460. The molecule has 2 rings (SSSR count). The van der Waals surface area contributed by atoms with Gasteiger partial charge in [-0.1, -0.05) is 31.1 Å².